The van der Waals surface area contributed by atoms with Crippen molar-refractivity contribution in [3.8, 4) is 16.8 Å². The zero-order valence-corrected chi connectivity index (χ0v) is 23.1. The Balaban J connectivity index is 1.43. The first kappa shape index (κ1) is 24.2. The first-order valence-electron chi connectivity index (χ1n) is 14.4. The molecule has 0 spiro atoms. The molecule has 2 heteroatoms. The molecule has 0 aliphatic rings. The van der Waals surface area contributed by atoms with Crippen LogP contribution in [0.4, 0.5) is 17.1 Å². The molecule has 0 fully saturated rings. The van der Waals surface area contributed by atoms with Gasteiger partial charge in [-0.1, -0.05) is 109 Å². The Hall–Kier alpha value is -5.60. The maximum atomic E-state index is 2.39. The Morgan fingerprint density at radius 2 is 1.05 bits per heavy atom. The Morgan fingerprint density at radius 1 is 0.405 bits per heavy atom. The second-order valence-corrected chi connectivity index (χ2v) is 10.6. The van der Waals surface area contributed by atoms with E-state index < -0.39 is 0 Å². The second-order valence-electron chi connectivity index (χ2n) is 10.6. The van der Waals surface area contributed by atoms with Crippen molar-refractivity contribution in [3.63, 3.8) is 0 Å². The summed E-state index contributed by atoms with van der Waals surface area (Å²) in [6, 6.07) is 60.9. The van der Waals surface area contributed by atoms with Crippen LogP contribution in [-0.4, -0.2) is 4.57 Å². The van der Waals surface area contributed by atoms with Gasteiger partial charge in [-0.15, -0.1) is 0 Å². The van der Waals surface area contributed by atoms with Crippen LogP contribution in [0.5, 0.6) is 0 Å². The van der Waals surface area contributed by atoms with Gasteiger partial charge in [0.1, 0.15) is 0 Å². The number of nitrogens with zero attached hydrogens (tertiary/aromatic N) is 2. The average molecular weight is 537 g/mol. The zero-order valence-electron chi connectivity index (χ0n) is 23.1. The molecule has 1 heterocycles. The fourth-order valence-corrected chi connectivity index (χ4v) is 6.25. The van der Waals surface area contributed by atoms with Gasteiger partial charge in [0.15, 0.2) is 0 Å². The Bertz CT molecular complexity index is 2180. The van der Waals surface area contributed by atoms with Gasteiger partial charge in [-0.2, -0.15) is 0 Å². The van der Waals surface area contributed by atoms with E-state index in [-0.39, 0.29) is 0 Å². The predicted molar refractivity (Wildman–Crippen MR) is 178 cm³/mol. The Kier molecular flexibility index (Phi) is 5.82. The van der Waals surface area contributed by atoms with Crippen LogP contribution < -0.4 is 4.90 Å². The number of hydrogen-bond acceptors (Lipinski definition) is 1. The van der Waals surface area contributed by atoms with Gasteiger partial charge in [-0.25, -0.2) is 0 Å². The molecule has 0 aliphatic carbocycles. The van der Waals surface area contributed by atoms with Crippen LogP contribution in [0.2, 0.25) is 0 Å². The molecule has 42 heavy (non-hydrogen) atoms. The normalized spacial score (nSPS) is 11.3. The van der Waals surface area contributed by atoms with Gasteiger partial charge in [0.05, 0.1) is 11.0 Å². The highest BCUT2D eigenvalue weighted by molar-refractivity contribution is 6.16. The van der Waals surface area contributed by atoms with E-state index in [4.69, 9.17) is 0 Å². The molecule has 8 rings (SSSR count). The molecule has 0 bridgehead atoms. The SMILES string of the molecule is c1ccc(-c2cccc3c2c2cc(N(c4ccccc4)c4ccc5ccccc5c4)ccc2n3-c2ccccc2)cc1. The van der Waals surface area contributed by atoms with E-state index in [0.29, 0.717) is 0 Å². The lowest BCUT2D eigenvalue weighted by atomic mass is 9.99. The van der Waals surface area contributed by atoms with E-state index in [9.17, 15) is 0 Å². The number of aromatic nitrogens is 1. The first-order chi connectivity index (χ1) is 20.8. The summed E-state index contributed by atoms with van der Waals surface area (Å²) >= 11 is 0. The quantitative estimate of drug-likeness (QED) is 0.212. The third-order valence-electron chi connectivity index (χ3n) is 8.14. The molecule has 1 aromatic heterocycles. The summed E-state index contributed by atoms with van der Waals surface area (Å²) in [4.78, 5) is 2.36. The number of rotatable bonds is 5. The topological polar surface area (TPSA) is 8.17 Å². The predicted octanol–water partition coefficient (Wildman–Crippen LogP) is 11.1. The monoisotopic (exact) mass is 536 g/mol. The highest BCUT2D eigenvalue weighted by Gasteiger charge is 2.19. The minimum atomic E-state index is 1.12. The molecular formula is C40H28N2. The largest absolute Gasteiger partial charge is 0.310 e. The molecule has 8 aromatic rings. The van der Waals surface area contributed by atoms with Gasteiger partial charge in [-0.3, -0.25) is 0 Å². The van der Waals surface area contributed by atoms with Gasteiger partial charge < -0.3 is 9.47 Å². The molecule has 0 saturated heterocycles. The van der Waals surface area contributed by atoms with Crippen LogP contribution in [0.25, 0.3) is 49.4 Å². The van der Waals surface area contributed by atoms with E-state index in [2.05, 4.69) is 179 Å². The first-order valence-corrected chi connectivity index (χ1v) is 14.4. The lowest BCUT2D eigenvalue weighted by molar-refractivity contribution is 1.18. The molecule has 7 aromatic carbocycles. The standard InChI is InChI=1S/C40H28N2/c1-4-14-30(15-5-1)36-21-12-22-39-40(36)37-28-35(25-26-38(37)42(39)33-19-8-3-9-20-33)41(32-17-6-2-7-18-32)34-24-23-29-13-10-11-16-31(29)27-34/h1-28H. The second kappa shape index (κ2) is 10.1. The molecule has 0 N–H and O–H groups in total. The molecule has 0 atom stereocenters. The third kappa shape index (κ3) is 4.05. The summed E-state index contributed by atoms with van der Waals surface area (Å²) in [5.41, 5.74) is 9.39. The number of para-hydroxylation sites is 2. The highest BCUT2D eigenvalue weighted by atomic mass is 15.1. The fourth-order valence-electron chi connectivity index (χ4n) is 6.25. The van der Waals surface area contributed by atoms with Crippen LogP contribution >= 0.6 is 0 Å². The number of fused-ring (bicyclic) bond motifs is 4. The van der Waals surface area contributed by atoms with Crippen molar-refractivity contribution in [1.82, 2.24) is 4.57 Å². The summed E-state index contributed by atoms with van der Waals surface area (Å²) in [6.07, 6.45) is 0. The number of anilines is 3. The van der Waals surface area contributed by atoms with E-state index in [1.807, 2.05) is 0 Å². The maximum absolute atomic E-state index is 2.39. The molecule has 0 amide bonds. The molecular weight excluding hydrogens is 508 g/mol. The van der Waals surface area contributed by atoms with Gasteiger partial charge in [0.25, 0.3) is 0 Å². The van der Waals surface area contributed by atoms with Crippen molar-refractivity contribution in [2.45, 2.75) is 0 Å². The van der Waals surface area contributed by atoms with Crippen LogP contribution in [-0.2, 0) is 0 Å². The number of benzene rings is 7. The van der Waals surface area contributed by atoms with Gasteiger partial charge in [0.2, 0.25) is 0 Å². The Morgan fingerprint density at radius 3 is 1.83 bits per heavy atom. The van der Waals surface area contributed by atoms with E-state index in [0.717, 1.165) is 22.7 Å². The molecule has 198 valence electrons. The summed E-state index contributed by atoms with van der Waals surface area (Å²) in [6.45, 7) is 0. The summed E-state index contributed by atoms with van der Waals surface area (Å²) in [5.74, 6) is 0. The average Bonchev–Trinajstić information content (AvgIpc) is 3.40. The smallest absolute Gasteiger partial charge is 0.0547 e. The number of hydrogen-bond donors (Lipinski definition) is 0. The molecule has 0 unspecified atom stereocenters. The van der Waals surface area contributed by atoms with Crippen LogP contribution in [0, 0.1) is 0 Å². The van der Waals surface area contributed by atoms with Crippen molar-refractivity contribution in [3.05, 3.63) is 170 Å². The summed E-state index contributed by atoms with van der Waals surface area (Å²) in [7, 11) is 0. The van der Waals surface area contributed by atoms with E-state index in [1.165, 1.54) is 43.7 Å². The zero-order chi connectivity index (χ0) is 27.9. The van der Waals surface area contributed by atoms with Crippen molar-refractivity contribution in [2.75, 3.05) is 4.90 Å². The van der Waals surface area contributed by atoms with Crippen LogP contribution in [0.1, 0.15) is 0 Å². The van der Waals surface area contributed by atoms with Crippen molar-refractivity contribution < 1.29 is 0 Å². The molecule has 0 aliphatic heterocycles. The Labute approximate surface area is 245 Å². The third-order valence-corrected chi connectivity index (χ3v) is 8.14. The minimum absolute atomic E-state index is 1.12. The molecule has 0 saturated carbocycles. The lowest BCUT2D eigenvalue weighted by Gasteiger charge is -2.26. The van der Waals surface area contributed by atoms with Crippen molar-refractivity contribution in [1.29, 1.82) is 0 Å². The maximum Gasteiger partial charge on any atom is 0.0547 e. The highest BCUT2D eigenvalue weighted by Crippen LogP contribution is 2.42. The molecule has 0 radical (unpaired) electrons. The minimum Gasteiger partial charge on any atom is -0.310 e. The van der Waals surface area contributed by atoms with Crippen LogP contribution in [0.15, 0.2) is 170 Å². The van der Waals surface area contributed by atoms with E-state index >= 15 is 0 Å². The van der Waals surface area contributed by atoms with E-state index in [1.54, 1.807) is 0 Å². The molecule has 2 nitrogen and oxygen atoms in total. The van der Waals surface area contributed by atoms with Gasteiger partial charge >= 0.3 is 0 Å². The van der Waals surface area contributed by atoms with Gasteiger partial charge in [-0.05, 0) is 82.6 Å². The van der Waals surface area contributed by atoms with Gasteiger partial charge in [0, 0.05) is 33.5 Å². The lowest BCUT2D eigenvalue weighted by Crippen LogP contribution is -2.09. The van der Waals surface area contributed by atoms with Crippen molar-refractivity contribution in [2.24, 2.45) is 0 Å². The van der Waals surface area contributed by atoms with Crippen LogP contribution in [0.3, 0.4) is 0 Å². The summed E-state index contributed by atoms with van der Waals surface area (Å²) < 4.78 is 2.39. The van der Waals surface area contributed by atoms with Crippen molar-refractivity contribution >= 4 is 49.6 Å². The fraction of sp³-hybridized carbons (Fsp3) is 0. The summed E-state index contributed by atoms with van der Waals surface area (Å²) in [5, 5.41) is 4.95.